The van der Waals surface area contributed by atoms with E-state index in [1.165, 1.54) is 0 Å². The van der Waals surface area contributed by atoms with Gasteiger partial charge in [-0.05, 0) is 49.2 Å². The minimum absolute atomic E-state index is 0.0608. The van der Waals surface area contributed by atoms with Gasteiger partial charge in [-0.15, -0.1) is 0 Å². The molecule has 3 heteroatoms. The van der Waals surface area contributed by atoms with Crippen molar-refractivity contribution in [2.75, 3.05) is 24.7 Å². The molecule has 21 heavy (non-hydrogen) atoms. The molecule has 0 aliphatic heterocycles. The number of rotatable bonds is 5. The number of hydrogen-bond acceptors (Lipinski definition) is 3. The Kier molecular flexibility index (Phi) is 4.53. The van der Waals surface area contributed by atoms with E-state index in [2.05, 4.69) is 34.9 Å². The Balaban J connectivity index is 2.41. The van der Waals surface area contributed by atoms with Gasteiger partial charge >= 0.3 is 0 Å². The second-order valence-corrected chi connectivity index (χ2v) is 5.83. The van der Waals surface area contributed by atoms with Crippen LogP contribution in [0.2, 0.25) is 0 Å². The Morgan fingerprint density at radius 1 is 0.762 bits per heavy atom. The summed E-state index contributed by atoms with van der Waals surface area (Å²) < 4.78 is 0. The molecule has 0 unspecified atom stereocenters. The molecule has 3 N–H and O–H groups in total. The molecule has 0 saturated heterocycles. The molecule has 0 aliphatic rings. The Hall–Kier alpha value is -2.00. The molecule has 0 fully saturated rings. The van der Waals surface area contributed by atoms with E-state index in [1.54, 1.807) is 0 Å². The highest BCUT2D eigenvalue weighted by Crippen LogP contribution is 2.35. The lowest BCUT2D eigenvalue weighted by atomic mass is 9.79. The van der Waals surface area contributed by atoms with Crippen molar-refractivity contribution in [3.63, 3.8) is 0 Å². The van der Waals surface area contributed by atoms with E-state index in [4.69, 9.17) is 0 Å². The van der Waals surface area contributed by atoms with Gasteiger partial charge in [0.15, 0.2) is 0 Å². The van der Waals surface area contributed by atoms with E-state index in [1.807, 2.05) is 52.2 Å². The first-order valence-corrected chi connectivity index (χ1v) is 7.23. The van der Waals surface area contributed by atoms with Crippen molar-refractivity contribution in [2.24, 2.45) is 0 Å². The maximum absolute atomic E-state index is 10.6. The molecule has 0 aliphatic carbocycles. The lowest BCUT2D eigenvalue weighted by Gasteiger charge is -2.30. The average Bonchev–Trinajstić information content (AvgIpc) is 2.47. The minimum Gasteiger partial charge on any atom is -0.389 e. The van der Waals surface area contributed by atoms with Crippen LogP contribution in [0.5, 0.6) is 0 Å². The molecule has 0 saturated carbocycles. The third kappa shape index (κ3) is 3.56. The van der Waals surface area contributed by atoms with E-state index in [9.17, 15) is 5.11 Å². The third-order valence-corrected chi connectivity index (χ3v) is 3.77. The maximum Gasteiger partial charge on any atom is 0.0700 e. The van der Waals surface area contributed by atoms with Crippen LogP contribution < -0.4 is 10.6 Å². The van der Waals surface area contributed by atoms with Gasteiger partial charge in [0.2, 0.25) is 0 Å². The van der Waals surface area contributed by atoms with Crippen molar-refractivity contribution >= 4 is 11.4 Å². The highest BCUT2D eigenvalue weighted by atomic mass is 16.3. The van der Waals surface area contributed by atoms with Crippen LogP contribution in [-0.2, 0) is 0 Å². The molecule has 0 amide bonds. The molecule has 0 radical (unpaired) electrons. The molecule has 2 aromatic rings. The van der Waals surface area contributed by atoms with Gasteiger partial charge in [-0.3, -0.25) is 0 Å². The summed E-state index contributed by atoms with van der Waals surface area (Å²) in [6.45, 7) is 3.71. The lowest BCUT2D eigenvalue weighted by molar-refractivity contribution is 0.0628. The lowest BCUT2D eigenvalue weighted by Crippen LogP contribution is -2.29. The Morgan fingerprint density at radius 2 is 1.10 bits per heavy atom. The Bertz CT molecular complexity index is 520. The number of benzene rings is 2. The SMILES string of the molecule is CNc1ccc(C(c2ccc(NC)cc2)C(C)(C)O)cc1. The highest BCUT2D eigenvalue weighted by Gasteiger charge is 2.29. The molecule has 2 aromatic carbocycles. The van der Waals surface area contributed by atoms with Crippen molar-refractivity contribution in [3.05, 3.63) is 59.7 Å². The van der Waals surface area contributed by atoms with Crippen LogP contribution in [0.25, 0.3) is 0 Å². The smallest absolute Gasteiger partial charge is 0.0700 e. The van der Waals surface area contributed by atoms with Crippen molar-refractivity contribution in [3.8, 4) is 0 Å². The summed E-state index contributed by atoms with van der Waals surface area (Å²) in [5.74, 6) is -0.0608. The van der Waals surface area contributed by atoms with Crippen LogP contribution in [0.3, 0.4) is 0 Å². The van der Waals surface area contributed by atoms with Crippen molar-refractivity contribution in [2.45, 2.75) is 25.4 Å². The number of anilines is 2. The molecular weight excluding hydrogens is 260 g/mol. The van der Waals surface area contributed by atoms with Crippen LogP contribution in [0.1, 0.15) is 30.9 Å². The van der Waals surface area contributed by atoms with Gasteiger partial charge in [-0.2, -0.15) is 0 Å². The first-order chi connectivity index (χ1) is 9.95. The standard InChI is InChI=1S/C18H24N2O/c1-18(2,21)17(13-5-9-15(19-3)10-6-13)14-7-11-16(20-4)12-8-14/h5-12,17,19-21H,1-4H3. The fourth-order valence-electron chi connectivity index (χ4n) is 2.69. The van der Waals surface area contributed by atoms with Gasteiger partial charge in [0.05, 0.1) is 5.60 Å². The number of nitrogens with one attached hydrogen (secondary N) is 2. The summed E-state index contributed by atoms with van der Waals surface area (Å²) in [6.07, 6.45) is 0. The maximum atomic E-state index is 10.6. The highest BCUT2D eigenvalue weighted by molar-refractivity contribution is 5.49. The molecule has 112 valence electrons. The van der Waals surface area contributed by atoms with Gasteiger partial charge in [0.25, 0.3) is 0 Å². The van der Waals surface area contributed by atoms with Crippen LogP contribution in [-0.4, -0.2) is 24.8 Å². The Labute approximate surface area is 127 Å². The van der Waals surface area contributed by atoms with Gasteiger partial charge in [-0.25, -0.2) is 0 Å². The summed E-state index contributed by atoms with van der Waals surface area (Å²) in [7, 11) is 3.80. The summed E-state index contributed by atoms with van der Waals surface area (Å²) in [5.41, 5.74) is 3.53. The fourth-order valence-corrected chi connectivity index (χ4v) is 2.69. The van der Waals surface area contributed by atoms with E-state index < -0.39 is 5.60 Å². The Morgan fingerprint density at radius 3 is 1.33 bits per heavy atom. The molecule has 2 rings (SSSR count). The van der Waals surface area contributed by atoms with Crippen LogP contribution in [0, 0.1) is 0 Å². The molecule has 0 heterocycles. The first-order valence-electron chi connectivity index (χ1n) is 7.23. The number of aliphatic hydroxyl groups is 1. The second-order valence-electron chi connectivity index (χ2n) is 5.83. The van der Waals surface area contributed by atoms with Crippen LogP contribution in [0.4, 0.5) is 11.4 Å². The van der Waals surface area contributed by atoms with Crippen LogP contribution in [0.15, 0.2) is 48.5 Å². The second kappa shape index (κ2) is 6.19. The van der Waals surface area contributed by atoms with E-state index >= 15 is 0 Å². The molecule has 0 atom stereocenters. The first kappa shape index (κ1) is 15.4. The quantitative estimate of drug-likeness (QED) is 0.785. The molecule has 0 spiro atoms. The molecular formula is C18H24N2O. The predicted molar refractivity (Wildman–Crippen MR) is 90.1 cm³/mol. The molecule has 3 nitrogen and oxygen atoms in total. The van der Waals surface area contributed by atoms with E-state index in [-0.39, 0.29) is 5.92 Å². The van der Waals surface area contributed by atoms with E-state index in [0.29, 0.717) is 0 Å². The zero-order chi connectivity index (χ0) is 15.5. The normalized spacial score (nSPS) is 11.5. The number of hydrogen-bond donors (Lipinski definition) is 3. The molecule has 0 aromatic heterocycles. The largest absolute Gasteiger partial charge is 0.389 e. The predicted octanol–water partition coefficient (Wildman–Crippen LogP) is 3.67. The van der Waals surface area contributed by atoms with Crippen molar-refractivity contribution < 1.29 is 5.11 Å². The van der Waals surface area contributed by atoms with Gasteiger partial charge in [0.1, 0.15) is 0 Å². The summed E-state index contributed by atoms with van der Waals surface area (Å²) in [6, 6.07) is 16.4. The van der Waals surface area contributed by atoms with Gasteiger partial charge in [-0.1, -0.05) is 24.3 Å². The zero-order valence-corrected chi connectivity index (χ0v) is 13.1. The van der Waals surface area contributed by atoms with E-state index in [0.717, 1.165) is 22.5 Å². The van der Waals surface area contributed by atoms with Crippen molar-refractivity contribution in [1.82, 2.24) is 0 Å². The van der Waals surface area contributed by atoms with Crippen LogP contribution >= 0.6 is 0 Å². The third-order valence-electron chi connectivity index (χ3n) is 3.77. The fraction of sp³-hybridized carbons (Fsp3) is 0.333. The molecule has 0 bridgehead atoms. The summed E-state index contributed by atoms with van der Waals surface area (Å²) in [5, 5.41) is 16.8. The van der Waals surface area contributed by atoms with Gasteiger partial charge < -0.3 is 15.7 Å². The minimum atomic E-state index is -0.831. The average molecular weight is 284 g/mol. The zero-order valence-electron chi connectivity index (χ0n) is 13.1. The van der Waals surface area contributed by atoms with Crippen molar-refractivity contribution in [1.29, 1.82) is 0 Å². The monoisotopic (exact) mass is 284 g/mol. The topological polar surface area (TPSA) is 44.3 Å². The summed E-state index contributed by atoms with van der Waals surface area (Å²) >= 11 is 0. The van der Waals surface area contributed by atoms with Gasteiger partial charge in [0, 0.05) is 31.4 Å². The summed E-state index contributed by atoms with van der Waals surface area (Å²) in [4.78, 5) is 0.